The minimum Gasteiger partial charge on any atom is -0.326 e. The highest BCUT2D eigenvalue weighted by Gasteiger charge is 2.24. The average molecular weight is 190 g/mol. The third-order valence-electron chi connectivity index (χ3n) is 3.08. The molecule has 14 heavy (non-hydrogen) atoms. The minimum absolute atomic E-state index is 0.280. The third kappa shape index (κ3) is 1.81. The van der Waals surface area contributed by atoms with E-state index in [1.165, 1.54) is 11.1 Å². The fourth-order valence-electron chi connectivity index (χ4n) is 2.06. The van der Waals surface area contributed by atoms with Crippen LogP contribution in [0, 0.1) is 0 Å². The van der Waals surface area contributed by atoms with Gasteiger partial charge in [0.25, 0.3) is 0 Å². The zero-order valence-electron chi connectivity index (χ0n) is 8.66. The third-order valence-corrected chi connectivity index (χ3v) is 3.08. The first-order valence-corrected chi connectivity index (χ1v) is 5.36. The summed E-state index contributed by atoms with van der Waals surface area (Å²) in [5.41, 5.74) is 8.79. The van der Waals surface area contributed by atoms with Gasteiger partial charge in [-0.1, -0.05) is 31.2 Å². The highest BCUT2D eigenvalue weighted by atomic mass is 15.0. The molecule has 1 aromatic rings. The summed E-state index contributed by atoms with van der Waals surface area (Å²) in [5.74, 6) is 0.501. The molecule has 0 saturated carbocycles. The van der Waals surface area contributed by atoms with Crippen molar-refractivity contribution in [2.24, 2.45) is 5.73 Å². The van der Waals surface area contributed by atoms with Gasteiger partial charge in [-0.3, -0.25) is 0 Å². The lowest BCUT2D eigenvalue weighted by Gasteiger charge is -2.14. The van der Waals surface area contributed by atoms with Gasteiger partial charge in [0, 0.05) is 25.0 Å². The number of nitrogens with two attached hydrogens (primary N) is 1. The van der Waals surface area contributed by atoms with Crippen LogP contribution in [0.5, 0.6) is 0 Å². The van der Waals surface area contributed by atoms with E-state index in [1.807, 2.05) is 0 Å². The Bertz CT molecular complexity index is 292. The van der Waals surface area contributed by atoms with Crippen LogP contribution in [0.4, 0.5) is 0 Å². The molecule has 76 valence electrons. The van der Waals surface area contributed by atoms with Crippen molar-refractivity contribution in [3.63, 3.8) is 0 Å². The summed E-state index contributed by atoms with van der Waals surface area (Å²) in [5, 5.41) is 3.32. The van der Waals surface area contributed by atoms with Gasteiger partial charge in [0.05, 0.1) is 0 Å². The van der Waals surface area contributed by atoms with Crippen LogP contribution >= 0.6 is 0 Å². The molecule has 1 aromatic carbocycles. The van der Waals surface area contributed by atoms with E-state index in [9.17, 15) is 0 Å². The zero-order chi connectivity index (χ0) is 9.97. The van der Waals surface area contributed by atoms with E-state index in [0.717, 1.165) is 19.5 Å². The highest BCUT2D eigenvalue weighted by molar-refractivity contribution is 5.27. The molecule has 0 amide bonds. The number of nitrogens with one attached hydrogen (secondary N) is 1. The van der Waals surface area contributed by atoms with E-state index in [-0.39, 0.29) is 6.04 Å². The standard InChI is InChI=1S/C12H18N2/c1-2-9-3-5-10(6-4-9)11-7-14-8-12(11)13/h3-6,11-12,14H,2,7-8,13H2,1H3/t11-,12-/m0/s1. The summed E-state index contributed by atoms with van der Waals surface area (Å²) in [4.78, 5) is 0. The monoisotopic (exact) mass is 190 g/mol. The van der Waals surface area contributed by atoms with Crippen molar-refractivity contribution in [1.82, 2.24) is 5.32 Å². The molecule has 1 fully saturated rings. The lowest BCUT2D eigenvalue weighted by atomic mass is 9.94. The summed E-state index contributed by atoms with van der Waals surface area (Å²) in [6.45, 7) is 4.14. The van der Waals surface area contributed by atoms with E-state index < -0.39 is 0 Å². The number of aryl methyl sites for hydroxylation is 1. The van der Waals surface area contributed by atoms with Crippen LogP contribution < -0.4 is 11.1 Å². The van der Waals surface area contributed by atoms with Crippen molar-refractivity contribution in [1.29, 1.82) is 0 Å². The molecule has 0 aromatic heterocycles. The van der Waals surface area contributed by atoms with E-state index in [1.54, 1.807) is 0 Å². The van der Waals surface area contributed by atoms with Crippen LogP contribution in [-0.4, -0.2) is 19.1 Å². The molecule has 2 heteroatoms. The number of hydrogen-bond acceptors (Lipinski definition) is 2. The molecule has 0 radical (unpaired) electrons. The number of hydrogen-bond donors (Lipinski definition) is 2. The zero-order valence-corrected chi connectivity index (χ0v) is 8.66. The Morgan fingerprint density at radius 3 is 2.50 bits per heavy atom. The van der Waals surface area contributed by atoms with Crippen LogP contribution in [0.1, 0.15) is 24.0 Å². The maximum atomic E-state index is 6.02. The summed E-state index contributed by atoms with van der Waals surface area (Å²) < 4.78 is 0. The lowest BCUT2D eigenvalue weighted by Crippen LogP contribution is -2.27. The molecule has 1 aliphatic rings. The minimum atomic E-state index is 0.280. The Balaban J connectivity index is 2.16. The second-order valence-electron chi connectivity index (χ2n) is 4.02. The van der Waals surface area contributed by atoms with Crippen LogP contribution in [0.25, 0.3) is 0 Å². The van der Waals surface area contributed by atoms with Gasteiger partial charge in [0.2, 0.25) is 0 Å². The summed E-state index contributed by atoms with van der Waals surface area (Å²) in [6.07, 6.45) is 1.11. The molecular weight excluding hydrogens is 172 g/mol. The Morgan fingerprint density at radius 2 is 2.00 bits per heavy atom. The van der Waals surface area contributed by atoms with Gasteiger partial charge in [0.1, 0.15) is 0 Å². The Hall–Kier alpha value is -0.860. The van der Waals surface area contributed by atoms with Crippen molar-refractivity contribution in [2.45, 2.75) is 25.3 Å². The van der Waals surface area contributed by atoms with Crippen molar-refractivity contribution in [2.75, 3.05) is 13.1 Å². The maximum absolute atomic E-state index is 6.02. The summed E-state index contributed by atoms with van der Waals surface area (Å²) >= 11 is 0. The molecule has 0 unspecified atom stereocenters. The Kier molecular flexibility index (Phi) is 2.85. The first-order chi connectivity index (χ1) is 6.81. The first kappa shape index (κ1) is 9.69. The molecule has 0 spiro atoms. The average Bonchev–Trinajstić information content (AvgIpc) is 2.65. The van der Waals surface area contributed by atoms with E-state index in [2.05, 4.69) is 36.5 Å². The van der Waals surface area contributed by atoms with Crippen LogP contribution in [0.15, 0.2) is 24.3 Å². The molecule has 3 N–H and O–H groups in total. The molecule has 1 saturated heterocycles. The summed E-state index contributed by atoms with van der Waals surface area (Å²) in [6, 6.07) is 9.13. The van der Waals surface area contributed by atoms with Crippen LogP contribution in [-0.2, 0) is 6.42 Å². The predicted molar refractivity (Wildman–Crippen MR) is 59.4 cm³/mol. The van der Waals surface area contributed by atoms with E-state index in [4.69, 9.17) is 5.73 Å². The largest absolute Gasteiger partial charge is 0.326 e. The van der Waals surface area contributed by atoms with Crippen molar-refractivity contribution in [3.8, 4) is 0 Å². The topological polar surface area (TPSA) is 38.0 Å². The lowest BCUT2D eigenvalue weighted by molar-refractivity contribution is 0.653. The fourth-order valence-corrected chi connectivity index (χ4v) is 2.06. The molecule has 2 atom stereocenters. The smallest absolute Gasteiger partial charge is 0.0247 e. The normalized spacial score (nSPS) is 26.7. The molecule has 1 aliphatic heterocycles. The van der Waals surface area contributed by atoms with Crippen LogP contribution in [0.3, 0.4) is 0 Å². The summed E-state index contributed by atoms with van der Waals surface area (Å²) in [7, 11) is 0. The quantitative estimate of drug-likeness (QED) is 0.737. The van der Waals surface area contributed by atoms with Gasteiger partial charge < -0.3 is 11.1 Å². The van der Waals surface area contributed by atoms with Gasteiger partial charge in [-0.2, -0.15) is 0 Å². The molecule has 0 aliphatic carbocycles. The fraction of sp³-hybridized carbons (Fsp3) is 0.500. The van der Waals surface area contributed by atoms with Crippen LogP contribution in [0.2, 0.25) is 0 Å². The SMILES string of the molecule is CCc1ccc([C@@H]2CNC[C@@H]2N)cc1. The van der Waals surface area contributed by atoms with Gasteiger partial charge in [0.15, 0.2) is 0 Å². The van der Waals surface area contributed by atoms with Crippen molar-refractivity contribution < 1.29 is 0 Å². The van der Waals surface area contributed by atoms with E-state index in [0.29, 0.717) is 5.92 Å². The number of benzene rings is 1. The Labute approximate surface area is 85.5 Å². The van der Waals surface area contributed by atoms with Gasteiger partial charge in [-0.25, -0.2) is 0 Å². The second kappa shape index (κ2) is 4.11. The molecule has 1 heterocycles. The molecule has 0 bridgehead atoms. The highest BCUT2D eigenvalue weighted by Crippen LogP contribution is 2.21. The predicted octanol–water partition coefficient (Wildman–Crippen LogP) is 1.26. The van der Waals surface area contributed by atoms with Gasteiger partial charge in [-0.15, -0.1) is 0 Å². The maximum Gasteiger partial charge on any atom is 0.0247 e. The van der Waals surface area contributed by atoms with Crippen molar-refractivity contribution >= 4 is 0 Å². The Morgan fingerprint density at radius 1 is 1.29 bits per heavy atom. The number of rotatable bonds is 2. The second-order valence-corrected chi connectivity index (χ2v) is 4.02. The molecule has 2 nitrogen and oxygen atoms in total. The first-order valence-electron chi connectivity index (χ1n) is 5.36. The molecule has 2 rings (SSSR count). The van der Waals surface area contributed by atoms with E-state index >= 15 is 0 Å². The van der Waals surface area contributed by atoms with Gasteiger partial charge >= 0.3 is 0 Å². The van der Waals surface area contributed by atoms with Crippen molar-refractivity contribution in [3.05, 3.63) is 35.4 Å². The molecular formula is C12H18N2. The van der Waals surface area contributed by atoms with Gasteiger partial charge in [-0.05, 0) is 17.5 Å².